The van der Waals surface area contributed by atoms with Gasteiger partial charge in [0.1, 0.15) is 11.1 Å². The number of fused-ring (bicyclic) bond motifs is 1. The highest BCUT2D eigenvalue weighted by atomic mass is 16.4. The third-order valence-electron chi connectivity index (χ3n) is 3.15. The summed E-state index contributed by atoms with van der Waals surface area (Å²) in [5.74, 6) is -1.47. The summed E-state index contributed by atoms with van der Waals surface area (Å²) < 4.78 is 5.13. The molecule has 0 saturated carbocycles. The van der Waals surface area contributed by atoms with E-state index >= 15 is 0 Å². The van der Waals surface area contributed by atoms with E-state index in [9.17, 15) is 14.4 Å². The maximum Gasteiger partial charge on any atom is 0.349 e. The van der Waals surface area contributed by atoms with Crippen molar-refractivity contribution >= 4 is 22.8 Å². The van der Waals surface area contributed by atoms with Gasteiger partial charge in [-0.2, -0.15) is 0 Å². The zero-order valence-electron chi connectivity index (χ0n) is 11.5. The molecule has 6 heteroatoms. The highest BCUT2D eigenvalue weighted by Gasteiger charge is 2.17. The molecule has 0 spiro atoms. The molecule has 21 heavy (non-hydrogen) atoms. The van der Waals surface area contributed by atoms with Gasteiger partial charge in [0.25, 0.3) is 5.91 Å². The molecule has 0 bridgehead atoms. The molecule has 1 amide bonds. The van der Waals surface area contributed by atoms with Crippen LogP contribution in [0.2, 0.25) is 0 Å². The fourth-order valence-electron chi connectivity index (χ4n) is 2.10. The monoisotopic (exact) mass is 289 g/mol. The SMILES string of the molecule is Cc1c(C(=O)NCCCC(=O)O)c(=O)oc2ccccc12. The summed E-state index contributed by atoms with van der Waals surface area (Å²) in [6, 6.07) is 6.98. The second-order valence-electron chi connectivity index (χ2n) is 4.64. The Labute approximate surface area is 120 Å². The van der Waals surface area contributed by atoms with E-state index in [1.807, 2.05) is 0 Å². The first-order chi connectivity index (χ1) is 10.0. The summed E-state index contributed by atoms with van der Waals surface area (Å²) in [5.41, 5.74) is 0.256. The number of rotatable bonds is 5. The number of para-hydroxylation sites is 1. The van der Waals surface area contributed by atoms with Crippen molar-refractivity contribution in [1.29, 1.82) is 0 Å². The molecule has 2 aromatic rings. The summed E-state index contributed by atoms with van der Waals surface area (Å²) >= 11 is 0. The molecule has 0 fully saturated rings. The molecular formula is C15H15NO5. The Morgan fingerprint density at radius 1 is 1.29 bits per heavy atom. The van der Waals surface area contributed by atoms with Crippen molar-refractivity contribution in [1.82, 2.24) is 5.32 Å². The van der Waals surface area contributed by atoms with E-state index in [-0.39, 0.29) is 18.5 Å². The topological polar surface area (TPSA) is 96.6 Å². The lowest BCUT2D eigenvalue weighted by Gasteiger charge is -2.08. The van der Waals surface area contributed by atoms with Crippen molar-refractivity contribution in [3.05, 3.63) is 45.8 Å². The molecule has 1 aromatic heterocycles. The van der Waals surface area contributed by atoms with E-state index in [4.69, 9.17) is 9.52 Å². The number of aliphatic carboxylic acids is 1. The molecular weight excluding hydrogens is 274 g/mol. The first kappa shape index (κ1) is 14.8. The van der Waals surface area contributed by atoms with Gasteiger partial charge in [-0.15, -0.1) is 0 Å². The molecule has 0 saturated heterocycles. The normalized spacial score (nSPS) is 10.5. The molecule has 0 radical (unpaired) electrons. The Morgan fingerprint density at radius 2 is 2.00 bits per heavy atom. The molecule has 1 aromatic carbocycles. The Kier molecular flexibility index (Phi) is 4.37. The van der Waals surface area contributed by atoms with Crippen molar-refractivity contribution < 1.29 is 19.1 Å². The Hall–Kier alpha value is -2.63. The second-order valence-corrected chi connectivity index (χ2v) is 4.64. The predicted molar refractivity (Wildman–Crippen MR) is 76.4 cm³/mol. The van der Waals surface area contributed by atoms with Gasteiger partial charge in [-0.05, 0) is 25.0 Å². The van der Waals surface area contributed by atoms with E-state index in [0.717, 1.165) is 0 Å². The number of carboxylic acid groups (broad SMARTS) is 1. The van der Waals surface area contributed by atoms with E-state index in [1.54, 1.807) is 31.2 Å². The van der Waals surface area contributed by atoms with Crippen molar-refractivity contribution in [3.8, 4) is 0 Å². The average molecular weight is 289 g/mol. The van der Waals surface area contributed by atoms with Crippen molar-refractivity contribution in [2.45, 2.75) is 19.8 Å². The van der Waals surface area contributed by atoms with Crippen LogP contribution >= 0.6 is 0 Å². The van der Waals surface area contributed by atoms with Crippen LogP contribution in [0.15, 0.2) is 33.5 Å². The fourth-order valence-corrected chi connectivity index (χ4v) is 2.10. The number of benzene rings is 1. The Bertz CT molecular complexity index is 747. The maximum absolute atomic E-state index is 12.1. The largest absolute Gasteiger partial charge is 0.481 e. The third-order valence-corrected chi connectivity index (χ3v) is 3.15. The summed E-state index contributed by atoms with van der Waals surface area (Å²) in [5, 5.41) is 11.8. The van der Waals surface area contributed by atoms with Crippen LogP contribution in [0.5, 0.6) is 0 Å². The highest BCUT2D eigenvalue weighted by Crippen LogP contribution is 2.18. The van der Waals surface area contributed by atoms with Crippen LogP contribution in [-0.4, -0.2) is 23.5 Å². The van der Waals surface area contributed by atoms with Gasteiger partial charge in [-0.25, -0.2) is 4.79 Å². The minimum Gasteiger partial charge on any atom is -0.481 e. The molecule has 0 aliphatic rings. The molecule has 0 aliphatic carbocycles. The van der Waals surface area contributed by atoms with Gasteiger partial charge in [0.15, 0.2) is 0 Å². The summed E-state index contributed by atoms with van der Waals surface area (Å²) in [6.07, 6.45) is 0.268. The van der Waals surface area contributed by atoms with Crippen LogP contribution in [0.3, 0.4) is 0 Å². The minimum absolute atomic E-state index is 0.0361. The van der Waals surface area contributed by atoms with Crippen LogP contribution in [0.1, 0.15) is 28.8 Å². The minimum atomic E-state index is -0.925. The van der Waals surface area contributed by atoms with Crippen LogP contribution in [0, 0.1) is 6.92 Å². The van der Waals surface area contributed by atoms with Gasteiger partial charge in [0.2, 0.25) is 0 Å². The number of carbonyl (C=O) groups excluding carboxylic acids is 1. The lowest BCUT2D eigenvalue weighted by Crippen LogP contribution is -2.30. The quantitative estimate of drug-likeness (QED) is 0.645. The lowest BCUT2D eigenvalue weighted by molar-refractivity contribution is -0.137. The van der Waals surface area contributed by atoms with Crippen LogP contribution in [0.25, 0.3) is 11.0 Å². The Balaban J connectivity index is 2.23. The summed E-state index contributed by atoms with van der Waals surface area (Å²) in [7, 11) is 0. The number of hydrogen-bond donors (Lipinski definition) is 2. The molecule has 0 aliphatic heterocycles. The molecule has 1 heterocycles. The highest BCUT2D eigenvalue weighted by molar-refractivity contribution is 5.99. The Morgan fingerprint density at radius 3 is 2.71 bits per heavy atom. The molecule has 110 valence electrons. The maximum atomic E-state index is 12.1. The van der Waals surface area contributed by atoms with Gasteiger partial charge in [-0.3, -0.25) is 9.59 Å². The number of carbonyl (C=O) groups is 2. The van der Waals surface area contributed by atoms with E-state index in [2.05, 4.69) is 5.32 Å². The standard InChI is InChI=1S/C15H15NO5/c1-9-10-5-2-3-6-11(10)21-15(20)13(9)14(19)16-8-4-7-12(17)18/h2-3,5-6H,4,7-8H2,1H3,(H,16,19)(H,17,18). The van der Waals surface area contributed by atoms with Gasteiger partial charge in [-0.1, -0.05) is 18.2 Å². The van der Waals surface area contributed by atoms with Crippen molar-refractivity contribution in [2.24, 2.45) is 0 Å². The van der Waals surface area contributed by atoms with E-state index in [0.29, 0.717) is 23.0 Å². The zero-order valence-corrected chi connectivity index (χ0v) is 11.5. The van der Waals surface area contributed by atoms with E-state index < -0.39 is 17.5 Å². The molecule has 0 atom stereocenters. The van der Waals surface area contributed by atoms with Crippen LogP contribution < -0.4 is 10.9 Å². The first-order valence-electron chi connectivity index (χ1n) is 6.53. The average Bonchev–Trinajstić information content (AvgIpc) is 2.43. The van der Waals surface area contributed by atoms with Gasteiger partial charge >= 0.3 is 11.6 Å². The van der Waals surface area contributed by atoms with Gasteiger partial charge < -0.3 is 14.8 Å². The van der Waals surface area contributed by atoms with E-state index in [1.165, 1.54) is 0 Å². The molecule has 0 unspecified atom stereocenters. The predicted octanol–water partition coefficient (Wildman–Crippen LogP) is 1.70. The van der Waals surface area contributed by atoms with Crippen molar-refractivity contribution in [3.63, 3.8) is 0 Å². The number of hydrogen-bond acceptors (Lipinski definition) is 4. The molecule has 6 nitrogen and oxygen atoms in total. The number of amides is 1. The van der Waals surface area contributed by atoms with Crippen LogP contribution in [0.4, 0.5) is 0 Å². The van der Waals surface area contributed by atoms with Gasteiger partial charge in [0.05, 0.1) is 0 Å². The summed E-state index contributed by atoms with van der Waals surface area (Å²) in [4.78, 5) is 34.4. The van der Waals surface area contributed by atoms with Gasteiger partial charge in [0, 0.05) is 18.4 Å². The number of carboxylic acids is 1. The molecule has 2 rings (SSSR count). The third kappa shape index (κ3) is 3.28. The number of nitrogens with one attached hydrogen (secondary N) is 1. The zero-order chi connectivity index (χ0) is 15.4. The van der Waals surface area contributed by atoms with Crippen molar-refractivity contribution in [2.75, 3.05) is 6.54 Å². The number of aryl methyl sites for hydroxylation is 1. The lowest BCUT2D eigenvalue weighted by atomic mass is 10.1. The fraction of sp³-hybridized carbons (Fsp3) is 0.267. The summed E-state index contributed by atoms with van der Waals surface area (Å²) in [6.45, 7) is 1.88. The van der Waals surface area contributed by atoms with Crippen LogP contribution in [-0.2, 0) is 4.79 Å². The smallest absolute Gasteiger partial charge is 0.349 e. The second kappa shape index (κ2) is 6.21. The first-order valence-corrected chi connectivity index (χ1v) is 6.53. The molecule has 2 N–H and O–H groups in total.